The number of nitrogens with one attached hydrogen (secondary N) is 1. The molecular weight excluding hydrogens is 210 g/mol. The summed E-state index contributed by atoms with van der Waals surface area (Å²) in [6.07, 6.45) is 6.55. The van der Waals surface area contributed by atoms with E-state index in [0.29, 0.717) is 5.88 Å². The molecular formula is C12H22ClNO. The van der Waals surface area contributed by atoms with Crippen LogP contribution in [0, 0.1) is 11.8 Å². The van der Waals surface area contributed by atoms with E-state index in [9.17, 15) is 4.79 Å². The van der Waals surface area contributed by atoms with Crippen molar-refractivity contribution in [3.05, 3.63) is 0 Å². The van der Waals surface area contributed by atoms with Crippen LogP contribution in [0.2, 0.25) is 0 Å². The fourth-order valence-electron chi connectivity index (χ4n) is 2.10. The Kier molecular flexibility index (Phi) is 6.07. The highest BCUT2D eigenvalue weighted by Gasteiger charge is 2.23. The molecule has 3 heteroatoms. The molecule has 2 nitrogen and oxygen atoms in total. The fraction of sp³-hybridized carbons (Fsp3) is 0.917. The lowest BCUT2D eigenvalue weighted by molar-refractivity contribution is -0.126. The minimum absolute atomic E-state index is 0.261. The quantitative estimate of drug-likeness (QED) is 0.572. The van der Waals surface area contributed by atoms with E-state index in [1.807, 2.05) is 0 Å². The molecule has 0 bridgehead atoms. The number of unbranched alkanes of at least 4 members (excludes halogenated alkanes) is 1. The van der Waals surface area contributed by atoms with Crippen LogP contribution in [0.25, 0.3) is 0 Å². The van der Waals surface area contributed by atoms with Gasteiger partial charge in [-0.1, -0.05) is 6.92 Å². The topological polar surface area (TPSA) is 29.1 Å². The molecule has 0 radical (unpaired) electrons. The summed E-state index contributed by atoms with van der Waals surface area (Å²) in [6, 6.07) is 0. The van der Waals surface area contributed by atoms with Gasteiger partial charge in [0.1, 0.15) is 0 Å². The van der Waals surface area contributed by atoms with E-state index in [-0.39, 0.29) is 11.8 Å². The van der Waals surface area contributed by atoms with Crippen LogP contribution in [-0.2, 0) is 4.79 Å². The molecule has 0 aliphatic heterocycles. The van der Waals surface area contributed by atoms with Crippen molar-refractivity contribution >= 4 is 17.5 Å². The zero-order chi connectivity index (χ0) is 11.1. The largest absolute Gasteiger partial charge is 0.356 e. The van der Waals surface area contributed by atoms with Gasteiger partial charge in [0, 0.05) is 18.3 Å². The second kappa shape index (κ2) is 7.10. The van der Waals surface area contributed by atoms with Gasteiger partial charge in [0.15, 0.2) is 0 Å². The summed E-state index contributed by atoms with van der Waals surface area (Å²) in [4.78, 5) is 11.7. The summed E-state index contributed by atoms with van der Waals surface area (Å²) in [5.74, 6) is 2.04. The van der Waals surface area contributed by atoms with Crippen LogP contribution in [0.3, 0.4) is 0 Å². The van der Waals surface area contributed by atoms with Crippen molar-refractivity contribution in [2.75, 3.05) is 12.4 Å². The van der Waals surface area contributed by atoms with E-state index in [0.717, 1.165) is 38.1 Å². The molecule has 1 amide bonds. The van der Waals surface area contributed by atoms with E-state index in [4.69, 9.17) is 11.6 Å². The van der Waals surface area contributed by atoms with Gasteiger partial charge in [-0.3, -0.25) is 4.79 Å². The lowest BCUT2D eigenvalue weighted by Gasteiger charge is -2.25. The second-order valence-electron chi connectivity index (χ2n) is 4.64. The maximum atomic E-state index is 11.7. The van der Waals surface area contributed by atoms with Gasteiger partial charge in [-0.05, 0) is 44.4 Å². The van der Waals surface area contributed by atoms with Gasteiger partial charge in [0.05, 0.1) is 0 Å². The van der Waals surface area contributed by atoms with E-state index in [1.165, 1.54) is 12.8 Å². The molecule has 88 valence electrons. The summed E-state index contributed by atoms with van der Waals surface area (Å²) in [5.41, 5.74) is 0. The van der Waals surface area contributed by atoms with Gasteiger partial charge in [-0.2, -0.15) is 0 Å². The number of rotatable bonds is 5. The molecule has 0 heterocycles. The van der Waals surface area contributed by atoms with Crippen LogP contribution >= 0.6 is 11.6 Å². The summed E-state index contributed by atoms with van der Waals surface area (Å²) in [7, 11) is 0. The SMILES string of the molecule is CC1CCC(C(=O)NCCCCCl)CC1. The van der Waals surface area contributed by atoms with Gasteiger partial charge < -0.3 is 5.32 Å². The van der Waals surface area contributed by atoms with E-state index in [1.54, 1.807) is 0 Å². The van der Waals surface area contributed by atoms with Crippen molar-refractivity contribution < 1.29 is 4.79 Å². The Morgan fingerprint density at radius 2 is 1.93 bits per heavy atom. The normalized spacial score (nSPS) is 26.3. The van der Waals surface area contributed by atoms with Crippen LogP contribution in [0.1, 0.15) is 45.4 Å². The zero-order valence-electron chi connectivity index (χ0n) is 9.60. The molecule has 0 spiro atoms. The smallest absolute Gasteiger partial charge is 0.223 e. The fourth-order valence-corrected chi connectivity index (χ4v) is 2.29. The highest BCUT2D eigenvalue weighted by atomic mass is 35.5. The van der Waals surface area contributed by atoms with Crippen molar-refractivity contribution in [2.45, 2.75) is 45.4 Å². The summed E-state index contributed by atoms with van der Waals surface area (Å²) < 4.78 is 0. The number of hydrogen-bond donors (Lipinski definition) is 1. The summed E-state index contributed by atoms with van der Waals surface area (Å²) in [5, 5.41) is 3.00. The minimum atomic E-state index is 0.261. The summed E-state index contributed by atoms with van der Waals surface area (Å²) >= 11 is 5.57. The lowest BCUT2D eigenvalue weighted by atomic mass is 9.82. The van der Waals surface area contributed by atoms with Crippen LogP contribution in [0.15, 0.2) is 0 Å². The summed E-state index contributed by atoms with van der Waals surface area (Å²) in [6.45, 7) is 3.06. The maximum Gasteiger partial charge on any atom is 0.223 e. The van der Waals surface area contributed by atoms with Crippen molar-refractivity contribution in [1.82, 2.24) is 5.32 Å². The van der Waals surface area contributed by atoms with Gasteiger partial charge in [-0.15, -0.1) is 11.6 Å². The molecule has 1 saturated carbocycles. The number of hydrogen-bond acceptors (Lipinski definition) is 1. The van der Waals surface area contributed by atoms with Gasteiger partial charge in [-0.25, -0.2) is 0 Å². The van der Waals surface area contributed by atoms with Crippen LogP contribution in [0.4, 0.5) is 0 Å². The van der Waals surface area contributed by atoms with Gasteiger partial charge in [0.2, 0.25) is 5.91 Å². The molecule has 0 atom stereocenters. The van der Waals surface area contributed by atoms with Crippen molar-refractivity contribution in [1.29, 1.82) is 0 Å². The lowest BCUT2D eigenvalue weighted by Crippen LogP contribution is -2.33. The van der Waals surface area contributed by atoms with Crippen LogP contribution in [0.5, 0.6) is 0 Å². The first-order valence-electron chi connectivity index (χ1n) is 6.07. The third-order valence-corrected chi connectivity index (χ3v) is 3.51. The Bertz CT molecular complexity index is 188. The predicted octanol–water partition coefficient (Wildman–Crippen LogP) is 2.95. The molecule has 0 aromatic rings. The average molecular weight is 232 g/mol. The number of carbonyl (C=O) groups excluding carboxylic acids is 1. The average Bonchev–Trinajstić information content (AvgIpc) is 2.25. The number of amides is 1. The predicted molar refractivity (Wildman–Crippen MR) is 64.1 cm³/mol. The minimum Gasteiger partial charge on any atom is -0.356 e. The Morgan fingerprint density at radius 1 is 1.27 bits per heavy atom. The highest BCUT2D eigenvalue weighted by molar-refractivity contribution is 6.17. The van der Waals surface area contributed by atoms with Crippen molar-refractivity contribution in [2.24, 2.45) is 11.8 Å². The molecule has 1 fully saturated rings. The van der Waals surface area contributed by atoms with E-state index in [2.05, 4.69) is 12.2 Å². The first kappa shape index (κ1) is 12.8. The molecule has 1 rings (SSSR count). The molecule has 1 N–H and O–H groups in total. The Labute approximate surface area is 97.8 Å². The number of alkyl halides is 1. The van der Waals surface area contributed by atoms with Crippen molar-refractivity contribution in [3.63, 3.8) is 0 Å². The Hall–Kier alpha value is -0.240. The highest BCUT2D eigenvalue weighted by Crippen LogP contribution is 2.28. The first-order valence-corrected chi connectivity index (χ1v) is 6.61. The number of carbonyl (C=O) groups is 1. The third-order valence-electron chi connectivity index (χ3n) is 3.25. The van der Waals surface area contributed by atoms with Crippen molar-refractivity contribution in [3.8, 4) is 0 Å². The molecule has 0 saturated heterocycles. The number of halogens is 1. The first-order chi connectivity index (χ1) is 7.24. The maximum absolute atomic E-state index is 11.7. The molecule has 15 heavy (non-hydrogen) atoms. The zero-order valence-corrected chi connectivity index (χ0v) is 10.4. The molecule has 0 aromatic carbocycles. The van der Waals surface area contributed by atoms with Gasteiger partial charge in [0.25, 0.3) is 0 Å². The molecule has 1 aliphatic carbocycles. The monoisotopic (exact) mass is 231 g/mol. The van der Waals surface area contributed by atoms with E-state index >= 15 is 0 Å². The standard InChI is InChI=1S/C12H22ClNO/c1-10-4-6-11(7-5-10)12(15)14-9-3-2-8-13/h10-11H,2-9H2,1H3,(H,14,15). The van der Waals surface area contributed by atoms with Crippen LogP contribution in [-0.4, -0.2) is 18.3 Å². The second-order valence-corrected chi connectivity index (χ2v) is 5.02. The Morgan fingerprint density at radius 3 is 2.53 bits per heavy atom. The molecule has 0 unspecified atom stereocenters. The van der Waals surface area contributed by atoms with E-state index < -0.39 is 0 Å². The van der Waals surface area contributed by atoms with Gasteiger partial charge >= 0.3 is 0 Å². The Balaban J connectivity index is 2.11. The van der Waals surface area contributed by atoms with Crippen LogP contribution < -0.4 is 5.32 Å². The third kappa shape index (κ3) is 4.87. The molecule has 1 aliphatic rings. The molecule has 0 aromatic heterocycles.